The Morgan fingerprint density at radius 1 is 1.33 bits per heavy atom. The lowest BCUT2D eigenvalue weighted by molar-refractivity contribution is 0.411. The summed E-state index contributed by atoms with van der Waals surface area (Å²) in [6.07, 6.45) is 3.63. The van der Waals surface area contributed by atoms with E-state index in [1.54, 1.807) is 17.8 Å². The van der Waals surface area contributed by atoms with Crippen molar-refractivity contribution in [2.24, 2.45) is 0 Å². The van der Waals surface area contributed by atoms with Crippen LogP contribution in [0.3, 0.4) is 0 Å². The van der Waals surface area contributed by atoms with Crippen LogP contribution in [0.2, 0.25) is 0 Å². The van der Waals surface area contributed by atoms with Crippen molar-refractivity contribution in [3.63, 3.8) is 0 Å². The van der Waals surface area contributed by atoms with E-state index in [0.29, 0.717) is 0 Å². The molecule has 0 bridgehead atoms. The fourth-order valence-corrected chi connectivity index (χ4v) is 1.33. The Balaban J connectivity index is 2.56. The smallest absolute Gasteiger partial charge is 0.157 e. The zero-order valence-corrected chi connectivity index (χ0v) is 9.48. The van der Waals surface area contributed by atoms with Crippen LogP contribution in [0.4, 0.5) is 0 Å². The van der Waals surface area contributed by atoms with Crippen LogP contribution in [-0.4, -0.2) is 21.7 Å². The molecular weight excluding hydrogens is 190 g/mol. The van der Waals surface area contributed by atoms with Gasteiger partial charge in [-0.25, -0.2) is 9.50 Å². The summed E-state index contributed by atoms with van der Waals surface area (Å²) in [5, 5.41) is 4.22. The molecule has 2 aromatic rings. The minimum atomic E-state index is 0.0426. The van der Waals surface area contributed by atoms with Crippen molar-refractivity contribution in [1.29, 1.82) is 0 Å². The van der Waals surface area contributed by atoms with Gasteiger partial charge in [0, 0.05) is 11.5 Å². The van der Waals surface area contributed by atoms with Gasteiger partial charge < -0.3 is 4.74 Å². The maximum atomic E-state index is 5.10. The van der Waals surface area contributed by atoms with E-state index < -0.39 is 0 Å². The maximum Gasteiger partial charge on any atom is 0.157 e. The summed E-state index contributed by atoms with van der Waals surface area (Å²) in [6.45, 7) is 6.39. The number of hydrogen-bond acceptors (Lipinski definition) is 3. The molecular formula is C11H15N3O. The topological polar surface area (TPSA) is 39.4 Å². The van der Waals surface area contributed by atoms with Crippen molar-refractivity contribution in [2.45, 2.75) is 26.2 Å². The second-order valence-electron chi connectivity index (χ2n) is 4.57. The van der Waals surface area contributed by atoms with Crippen LogP contribution in [0.1, 0.15) is 26.5 Å². The molecule has 0 amide bonds. The van der Waals surface area contributed by atoms with E-state index >= 15 is 0 Å². The molecule has 0 aromatic carbocycles. The van der Waals surface area contributed by atoms with Crippen molar-refractivity contribution in [3.8, 4) is 5.75 Å². The van der Waals surface area contributed by atoms with E-state index in [9.17, 15) is 0 Å². The summed E-state index contributed by atoms with van der Waals surface area (Å²) in [6, 6.07) is 1.88. The number of hydrogen-bond donors (Lipinski definition) is 0. The Bertz CT molecular complexity index is 482. The Kier molecular flexibility index (Phi) is 2.14. The van der Waals surface area contributed by atoms with Crippen LogP contribution in [0.15, 0.2) is 18.5 Å². The first kappa shape index (κ1) is 9.96. The highest BCUT2D eigenvalue weighted by Crippen LogP contribution is 2.22. The first-order valence-corrected chi connectivity index (χ1v) is 4.90. The minimum Gasteiger partial charge on any atom is -0.495 e. The van der Waals surface area contributed by atoms with E-state index in [-0.39, 0.29) is 5.41 Å². The number of aromatic nitrogens is 3. The molecule has 80 valence electrons. The van der Waals surface area contributed by atoms with E-state index in [0.717, 1.165) is 17.1 Å². The second kappa shape index (κ2) is 3.22. The second-order valence-corrected chi connectivity index (χ2v) is 4.57. The lowest BCUT2D eigenvalue weighted by Crippen LogP contribution is -2.11. The minimum absolute atomic E-state index is 0.0426. The van der Waals surface area contributed by atoms with Gasteiger partial charge in [-0.3, -0.25) is 0 Å². The molecule has 2 heterocycles. The van der Waals surface area contributed by atoms with Gasteiger partial charge in [0.2, 0.25) is 0 Å². The predicted molar refractivity (Wildman–Crippen MR) is 58.2 cm³/mol. The Hall–Kier alpha value is -1.58. The largest absolute Gasteiger partial charge is 0.495 e. The number of rotatable bonds is 1. The molecule has 0 spiro atoms. The summed E-state index contributed by atoms with van der Waals surface area (Å²) in [5.41, 5.74) is 1.89. The number of fused-ring (bicyclic) bond motifs is 1. The van der Waals surface area contributed by atoms with Gasteiger partial charge >= 0.3 is 0 Å². The van der Waals surface area contributed by atoms with Crippen molar-refractivity contribution in [3.05, 3.63) is 24.2 Å². The van der Waals surface area contributed by atoms with E-state index in [1.165, 1.54) is 0 Å². The van der Waals surface area contributed by atoms with Gasteiger partial charge in [-0.05, 0) is 0 Å². The maximum absolute atomic E-state index is 5.10. The first-order chi connectivity index (χ1) is 7.00. The van der Waals surface area contributed by atoms with Crippen molar-refractivity contribution in [1.82, 2.24) is 14.6 Å². The van der Waals surface area contributed by atoms with Crippen LogP contribution < -0.4 is 4.74 Å². The van der Waals surface area contributed by atoms with Gasteiger partial charge in [0.1, 0.15) is 5.75 Å². The first-order valence-electron chi connectivity index (χ1n) is 4.90. The van der Waals surface area contributed by atoms with Crippen molar-refractivity contribution in [2.75, 3.05) is 7.11 Å². The molecule has 0 saturated carbocycles. The SMILES string of the molecule is COc1cnn2cc(C(C)(C)C)nc2c1. The molecule has 0 N–H and O–H groups in total. The van der Waals surface area contributed by atoms with Crippen LogP contribution in [0.5, 0.6) is 5.75 Å². The van der Waals surface area contributed by atoms with E-state index in [2.05, 4.69) is 30.9 Å². The van der Waals surface area contributed by atoms with Crippen LogP contribution in [0.25, 0.3) is 5.65 Å². The van der Waals surface area contributed by atoms with Gasteiger partial charge in [-0.2, -0.15) is 5.10 Å². The fourth-order valence-electron chi connectivity index (χ4n) is 1.33. The van der Waals surface area contributed by atoms with Crippen LogP contribution >= 0.6 is 0 Å². The molecule has 2 aromatic heterocycles. The molecule has 4 nitrogen and oxygen atoms in total. The normalized spacial score (nSPS) is 12.0. The molecule has 0 aliphatic carbocycles. The summed E-state index contributed by atoms with van der Waals surface area (Å²) in [4.78, 5) is 4.51. The highest BCUT2D eigenvalue weighted by atomic mass is 16.5. The molecule has 0 atom stereocenters. The molecule has 0 saturated heterocycles. The lowest BCUT2D eigenvalue weighted by atomic mass is 9.93. The van der Waals surface area contributed by atoms with E-state index in [4.69, 9.17) is 4.74 Å². The van der Waals surface area contributed by atoms with Crippen molar-refractivity contribution >= 4 is 5.65 Å². The Labute approximate surface area is 88.9 Å². The predicted octanol–water partition coefficient (Wildman–Crippen LogP) is 2.04. The summed E-state index contributed by atoms with van der Waals surface area (Å²) >= 11 is 0. The third-order valence-electron chi connectivity index (χ3n) is 2.30. The monoisotopic (exact) mass is 205 g/mol. The molecule has 0 aliphatic heterocycles. The zero-order chi connectivity index (χ0) is 11.1. The molecule has 0 fully saturated rings. The standard InChI is InChI=1S/C11H15N3O/c1-11(2,3)9-7-14-10(13-9)5-8(15-4)6-12-14/h5-7H,1-4H3. The average molecular weight is 205 g/mol. The van der Waals surface area contributed by atoms with Gasteiger partial charge in [-0.15, -0.1) is 0 Å². The summed E-state index contributed by atoms with van der Waals surface area (Å²) in [7, 11) is 1.63. The number of ether oxygens (including phenoxy) is 1. The quantitative estimate of drug-likeness (QED) is 0.715. The number of nitrogens with zero attached hydrogens (tertiary/aromatic N) is 3. The van der Waals surface area contributed by atoms with E-state index in [1.807, 2.05) is 12.3 Å². The van der Waals surface area contributed by atoms with Gasteiger partial charge in [-0.1, -0.05) is 20.8 Å². The van der Waals surface area contributed by atoms with Crippen LogP contribution in [-0.2, 0) is 5.41 Å². The average Bonchev–Trinajstić information content (AvgIpc) is 2.59. The zero-order valence-electron chi connectivity index (χ0n) is 9.48. The number of methoxy groups -OCH3 is 1. The Morgan fingerprint density at radius 3 is 2.67 bits per heavy atom. The summed E-state index contributed by atoms with van der Waals surface area (Å²) in [5.74, 6) is 0.730. The van der Waals surface area contributed by atoms with Crippen LogP contribution in [0, 0.1) is 0 Å². The molecule has 15 heavy (non-hydrogen) atoms. The molecule has 2 rings (SSSR count). The van der Waals surface area contributed by atoms with Gasteiger partial charge in [0.25, 0.3) is 0 Å². The molecule has 0 aliphatic rings. The molecule has 4 heteroatoms. The molecule has 0 radical (unpaired) electrons. The molecule has 0 unspecified atom stereocenters. The Morgan fingerprint density at radius 2 is 2.07 bits per heavy atom. The fraction of sp³-hybridized carbons (Fsp3) is 0.455. The third-order valence-corrected chi connectivity index (χ3v) is 2.30. The summed E-state index contributed by atoms with van der Waals surface area (Å²) < 4.78 is 6.87. The van der Waals surface area contributed by atoms with Gasteiger partial charge in [0.05, 0.1) is 25.2 Å². The highest BCUT2D eigenvalue weighted by molar-refractivity contribution is 5.44. The number of imidazole rings is 1. The van der Waals surface area contributed by atoms with Crippen molar-refractivity contribution < 1.29 is 4.74 Å². The third kappa shape index (κ3) is 1.79. The lowest BCUT2D eigenvalue weighted by Gasteiger charge is -2.13. The van der Waals surface area contributed by atoms with Gasteiger partial charge in [0.15, 0.2) is 5.65 Å². The highest BCUT2D eigenvalue weighted by Gasteiger charge is 2.17.